The number of hydrogen-bond donors (Lipinski definition) is 1. The highest BCUT2D eigenvalue weighted by Crippen LogP contribution is 2.44. The van der Waals surface area contributed by atoms with Gasteiger partial charge in [0.1, 0.15) is 5.75 Å². The van der Waals surface area contributed by atoms with Gasteiger partial charge in [0.15, 0.2) is 0 Å². The molecule has 1 heterocycles. The van der Waals surface area contributed by atoms with Crippen molar-refractivity contribution in [3.8, 4) is 5.75 Å². The van der Waals surface area contributed by atoms with E-state index in [1.807, 2.05) is 0 Å². The van der Waals surface area contributed by atoms with Gasteiger partial charge >= 0.3 is 12.0 Å². The lowest BCUT2D eigenvalue weighted by atomic mass is 10.2. The Morgan fingerprint density at radius 3 is 2.14 bits per heavy atom. The molecule has 2 nitrogen and oxygen atoms in total. The van der Waals surface area contributed by atoms with Crippen molar-refractivity contribution in [3.05, 3.63) is 66.4 Å². The standard InChI is InChI=1S/C16H11F4NO/c17-15(18,14-10-11-6-4-5-9-13(11)21-14)16(19,20)22-12-7-2-1-3-8-12/h1-10,21H. The minimum atomic E-state index is -4.69. The summed E-state index contributed by atoms with van der Waals surface area (Å²) in [6.07, 6.45) is -4.69. The van der Waals surface area contributed by atoms with Crippen molar-refractivity contribution in [2.45, 2.75) is 12.0 Å². The molecule has 0 atom stereocenters. The number of fused-ring (bicyclic) bond motifs is 1. The Hall–Kier alpha value is -2.50. The fourth-order valence-corrected chi connectivity index (χ4v) is 2.10. The van der Waals surface area contributed by atoms with E-state index in [-0.39, 0.29) is 5.75 Å². The van der Waals surface area contributed by atoms with Gasteiger partial charge in [-0.15, -0.1) is 0 Å². The van der Waals surface area contributed by atoms with Gasteiger partial charge < -0.3 is 9.72 Å². The fraction of sp³-hybridized carbons (Fsp3) is 0.125. The molecule has 6 heteroatoms. The summed E-state index contributed by atoms with van der Waals surface area (Å²) in [5.41, 5.74) is -0.540. The van der Waals surface area contributed by atoms with Crippen LogP contribution >= 0.6 is 0 Å². The zero-order chi connectivity index (χ0) is 15.8. The van der Waals surface area contributed by atoms with Gasteiger partial charge in [-0.3, -0.25) is 0 Å². The summed E-state index contributed by atoms with van der Waals surface area (Å²) >= 11 is 0. The van der Waals surface area contributed by atoms with Crippen molar-refractivity contribution in [2.24, 2.45) is 0 Å². The molecular weight excluding hydrogens is 298 g/mol. The minimum Gasteiger partial charge on any atom is -0.428 e. The summed E-state index contributed by atoms with van der Waals surface area (Å²) in [7, 11) is 0. The quantitative estimate of drug-likeness (QED) is 0.679. The van der Waals surface area contributed by atoms with Gasteiger partial charge in [0.05, 0.1) is 5.69 Å². The van der Waals surface area contributed by atoms with E-state index in [9.17, 15) is 17.6 Å². The number of benzene rings is 2. The molecule has 0 saturated heterocycles. The van der Waals surface area contributed by atoms with Gasteiger partial charge in [-0.05, 0) is 29.7 Å². The summed E-state index contributed by atoms with van der Waals surface area (Å²) in [6, 6.07) is 14.1. The van der Waals surface area contributed by atoms with Gasteiger partial charge in [-0.2, -0.15) is 17.6 Å². The van der Waals surface area contributed by atoms with Gasteiger partial charge in [0.2, 0.25) is 0 Å². The van der Waals surface area contributed by atoms with Crippen LogP contribution in [0.1, 0.15) is 5.69 Å². The van der Waals surface area contributed by atoms with Gasteiger partial charge in [-0.25, -0.2) is 0 Å². The predicted molar refractivity (Wildman–Crippen MR) is 74.2 cm³/mol. The summed E-state index contributed by atoms with van der Waals surface area (Å²) in [6.45, 7) is 0. The van der Waals surface area contributed by atoms with Gasteiger partial charge in [0, 0.05) is 5.52 Å². The Bertz CT molecular complexity index is 750. The Labute approximate surface area is 123 Å². The molecular formula is C16H11F4NO. The Balaban J connectivity index is 1.96. The molecule has 0 aliphatic rings. The molecule has 114 valence electrons. The third-order valence-electron chi connectivity index (χ3n) is 3.22. The van der Waals surface area contributed by atoms with E-state index in [1.165, 1.54) is 30.3 Å². The summed E-state index contributed by atoms with van der Waals surface area (Å²) in [5, 5.41) is 0.424. The van der Waals surface area contributed by atoms with E-state index in [1.54, 1.807) is 24.3 Å². The maximum atomic E-state index is 14.2. The SMILES string of the molecule is FC(F)(Oc1ccccc1)C(F)(F)c1cc2ccccc2[nH]1. The molecule has 0 bridgehead atoms. The molecule has 2 aromatic carbocycles. The maximum Gasteiger partial charge on any atom is 0.470 e. The van der Waals surface area contributed by atoms with Crippen LogP contribution in [-0.4, -0.2) is 11.1 Å². The first-order valence-electron chi connectivity index (χ1n) is 6.48. The summed E-state index contributed by atoms with van der Waals surface area (Å²) in [4.78, 5) is 2.32. The lowest BCUT2D eigenvalue weighted by Gasteiger charge is -2.25. The number of hydrogen-bond acceptors (Lipinski definition) is 1. The normalized spacial score (nSPS) is 12.5. The molecule has 0 aliphatic carbocycles. The molecule has 0 aliphatic heterocycles. The number of alkyl halides is 4. The largest absolute Gasteiger partial charge is 0.470 e. The average Bonchev–Trinajstić information content (AvgIpc) is 2.92. The highest BCUT2D eigenvalue weighted by atomic mass is 19.3. The zero-order valence-corrected chi connectivity index (χ0v) is 11.2. The van der Waals surface area contributed by atoms with Crippen LogP contribution in [0.2, 0.25) is 0 Å². The number of H-pyrrole nitrogens is 1. The van der Waals surface area contributed by atoms with E-state index < -0.39 is 17.7 Å². The third-order valence-corrected chi connectivity index (χ3v) is 3.22. The lowest BCUT2D eigenvalue weighted by molar-refractivity contribution is -0.317. The van der Waals surface area contributed by atoms with E-state index >= 15 is 0 Å². The second-order valence-corrected chi connectivity index (χ2v) is 4.78. The molecule has 22 heavy (non-hydrogen) atoms. The molecule has 3 rings (SSSR count). The van der Waals surface area contributed by atoms with Crippen molar-refractivity contribution in [2.75, 3.05) is 0 Å². The number of para-hydroxylation sites is 2. The first-order valence-corrected chi connectivity index (χ1v) is 6.48. The van der Waals surface area contributed by atoms with E-state index in [0.717, 1.165) is 6.07 Å². The van der Waals surface area contributed by atoms with Crippen molar-refractivity contribution in [3.63, 3.8) is 0 Å². The number of rotatable bonds is 4. The maximum absolute atomic E-state index is 14.2. The van der Waals surface area contributed by atoms with Crippen LogP contribution in [0.5, 0.6) is 5.75 Å². The van der Waals surface area contributed by atoms with Crippen LogP contribution < -0.4 is 4.74 Å². The highest BCUT2D eigenvalue weighted by molar-refractivity contribution is 5.80. The Kier molecular flexibility index (Phi) is 3.31. The summed E-state index contributed by atoms with van der Waals surface area (Å²) in [5.74, 6) is -4.83. The lowest BCUT2D eigenvalue weighted by Crippen LogP contribution is -2.43. The molecule has 1 N–H and O–H groups in total. The van der Waals surface area contributed by atoms with Crippen LogP contribution in [0.3, 0.4) is 0 Å². The molecule has 0 amide bonds. The van der Waals surface area contributed by atoms with E-state index in [4.69, 9.17) is 0 Å². The topological polar surface area (TPSA) is 25.0 Å². The molecule has 0 radical (unpaired) electrons. The fourth-order valence-electron chi connectivity index (χ4n) is 2.10. The van der Waals surface area contributed by atoms with Crippen LogP contribution in [0.25, 0.3) is 10.9 Å². The Morgan fingerprint density at radius 1 is 0.818 bits per heavy atom. The van der Waals surface area contributed by atoms with Gasteiger partial charge in [0.25, 0.3) is 0 Å². The second kappa shape index (κ2) is 5.05. The number of halogens is 4. The van der Waals surface area contributed by atoms with Crippen molar-refractivity contribution >= 4 is 10.9 Å². The number of aromatic nitrogens is 1. The van der Waals surface area contributed by atoms with Crippen LogP contribution in [0, 0.1) is 0 Å². The minimum absolute atomic E-state index is 0.330. The number of nitrogens with one attached hydrogen (secondary N) is 1. The number of aromatic amines is 1. The van der Waals surface area contributed by atoms with Gasteiger partial charge in [-0.1, -0.05) is 36.4 Å². The van der Waals surface area contributed by atoms with Crippen molar-refractivity contribution in [1.82, 2.24) is 4.98 Å². The molecule has 3 aromatic rings. The van der Waals surface area contributed by atoms with Crippen LogP contribution in [0.15, 0.2) is 60.7 Å². The van der Waals surface area contributed by atoms with Crippen molar-refractivity contribution < 1.29 is 22.3 Å². The third kappa shape index (κ3) is 2.41. The first kappa shape index (κ1) is 14.4. The molecule has 0 spiro atoms. The molecule has 1 aromatic heterocycles. The first-order chi connectivity index (χ1) is 10.4. The average molecular weight is 309 g/mol. The van der Waals surface area contributed by atoms with Crippen LogP contribution in [-0.2, 0) is 5.92 Å². The smallest absolute Gasteiger partial charge is 0.428 e. The molecule has 0 fully saturated rings. The second-order valence-electron chi connectivity index (χ2n) is 4.78. The van der Waals surface area contributed by atoms with Crippen molar-refractivity contribution in [1.29, 1.82) is 0 Å². The van der Waals surface area contributed by atoms with Crippen LogP contribution in [0.4, 0.5) is 17.6 Å². The highest BCUT2D eigenvalue weighted by Gasteiger charge is 2.61. The Morgan fingerprint density at radius 2 is 1.45 bits per heavy atom. The zero-order valence-electron chi connectivity index (χ0n) is 11.2. The summed E-state index contributed by atoms with van der Waals surface area (Å²) < 4.78 is 60.3. The molecule has 0 saturated carbocycles. The number of ether oxygens (including phenoxy) is 1. The monoisotopic (exact) mass is 309 g/mol. The predicted octanol–water partition coefficient (Wildman–Crippen LogP) is 4.93. The molecule has 0 unspecified atom stereocenters. The van der Waals surface area contributed by atoms with E-state index in [0.29, 0.717) is 10.9 Å². The van der Waals surface area contributed by atoms with E-state index in [2.05, 4.69) is 9.72 Å².